The van der Waals surface area contributed by atoms with E-state index in [4.69, 9.17) is 18.9 Å². The third-order valence-corrected chi connectivity index (χ3v) is 7.11. The van der Waals surface area contributed by atoms with Crippen LogP contribution in [0.15, 0.2) is 24.4 Å². The number of nitrogens with one attached hydrogen (secondary N) is 2. The molecule has 1 amide bonds. The van der Waals surface area contributed by atoms with Crippen LogP contribution in [0.4, 0.5) is 5.82 Å². The highest BCUT2D eigenvalue weighted by atomic mass is 16.7. The van der Waals surface area contributed by atoms with Crippen LogP contribution in [0.3, 0.4) is 0 Å². The second kappa shape index (κ2) is 16.3. The summed E-state index contributed by atoms with van der Waals surface area (Å²) in [6.45, 7) is -1.70. The van der Waals surface area contributed by atoms with Crippen molar-refractivity contribution in [1.29, 1.82) is 0 Å². The Morgan fingerprint density at radius 3 is 2.19 bits per heavy atom. The number of aromatic nitrogens is 1. The Kier molecular flexibility index (Phi) is 13.4. The highest BCUT2D eigenvalue weighted by Crippen LogP contribution is 2.30. The van der Waals surface area contributed by atoms with Crippen molar-refractivity contribution in [3.05, 3.63) is 24.4 Å². The van der Waals surface area contributed by atoms with Crippen molar-refractivity contribution < 1.29 is 74.8 Å². The number of nitrogens with zero attached hydrogens (tertiary/aromatic N) is 1. The summed E-state index contributed by atoms with van der Waals surface area (Å²) in [7, 11) is 0. The fourth-order valence-electron chi connectivity index (χ4n) is 4.75. The summed E-state index contributed by atoms with van der Waals surface area (Å²) in [6.07, 6.45) is -20.7. The summed E-state index contributed by atoms with van der Waals surface area (Å²) in [5, 5.41) is 108. The van der Waals surface area contributed by atoms with Gasteiger partial charge in [0.1, 0.15) is 72.9 Å². The monoisotopic (exact) mass is 623 g/mol. The van der Waals surface area contributed by atoms with E-state index in [0.29, 0.717) is 5.82 Å². The predicted molar refractivity (Wildman–Crippen MR) is 141 cm³/mol. The van der Waals surface area contributed by atoms with Gasteiger partial charge in [-0.25, -0.2) is 4.98 Å². The van der Waals surface area contributed by atoms with Gasteiger partial charge in [-0.3, -0.25) is 4.79 Å². The van der Waals surface area contributed by atoms with Crippen LogP contribution in [0.5, 0.6) is 0 Å². The van der Waals surface area contributed by atoms with Crippen LogP contribution in [0, 0.1) is 0 Å². The number of hydrogen-bond acceptors (Lipinski definition) is 17. The molecule has 14 atom stereocenters. The molecule has 1 aromatic heterocycles. The number of carbonyl (C=O) groups is 1. The van der Waals surface area contributed by atoms with Gasteiger partial charge in [0.05, 0.1) is 25.9 Å². The Morgan fingerprint density at radius 2 is 1.60 bits per heavy atom. The second-order valence-electron chi connectivity index (χ2n) is 10.2. The lowest BCUT2D eigenvalue weighted by Gasteiger charge is -2.47. The van der Waals surface area contributed by atoms with Crippen molar-refractivity contribution in [3.8, 4) is 0 Å². The van der Waals surface area contributed by atoms with Crippen molar-refractivity contribution in [3.63, 3.8) is 0 Å². The molecule has 0 unspecified atom stereocenters. The standard InChI is InChI=1S/C25H41N3O15/c1-10(32)28-16-19(37)18(36)13(8-30)40-24(16)43-23-14(9-31)41-25(21(39)20(23)38)42-22(12(34)7-29)17(35)11(33)6-27-15-4-2-3-5-26-15/h2-5,11-14,16-25,29-31,33-39H,6-9H2,1H3,(H,26,27)(H,28,32)/t11-,12+,13+,14+,16+,17+,18-,19+,20+,21+,22+,23-,24-,25-/m0/s1. The number of aliphatic hydroxyl groups is 10. The zero-order chi connectivity index (χ0) is 31.8. The van der Waals surface area contributed by atoms with E-state index in [2.05, 4.69) is 15.6 Å². The Balaban J connectivity index is 1.73. The van der Waals surface area contributed by atoms with Gasteiger partial charge >= 0.3 is 0 Å². The molecule has 2 aliphatic rings. The zero-order valence-corrected chi connectivity index (χ0v) is 23.2. The highest BCUT2D eigenvalue weighted by molar-refractivity contribution is 5.73. The molecule has 12 N–H and O–H groups in total. The minimum Gasteiger partial charge on any atom is -0.394 e. The Bertz CT molecular complexity index is 980. The first kappa shape index (κ1) is 35.3. The molecule has 0 aromatic carbocycles. The van der Waals surface area contributed by atoms with Gasteiger partial charge in [-0.1, -0.05) is 6.07 Å². The Labute approximate surface area is 246 Å². The molecule has 18 nitrogen and oxygen atoms in total. The third kappa shape index (κ3) is 8.74. The zero-order valence-electron chi connectivity index (χ0n) is 23.2. The van der Waals surface area contributed by atoms with E-state index in [1.165, 1.54) is 6.20 Å². The molecule has 0 bridgehead atoms. The SMILES string of the molecule is CC(=O)N[C@H]1[C@H](O[C@@H]2[C@H](O)[C@@H](O)[C@H](O[C@@H]([C@H](O)[C@@H](O)CNc3ccccn3)[C@H](O)CO)O[C@@H]2CO)O[C@H](CO)[C@H](O)[C@@H]1O. The molecule has 2 saturated heterocycles. The van der Waals surface area contributed by atoms with Gasteiger partial charge in [0.2, 0.25) is 5.91 Å². The van der Waals surface area contributed by atoms with Crippen LogP contribution < -0.4 is 10.6 Å². The van der Waals surface area contributed by atoms with Crippen LogP contribution in [0.25, 0.3) is 0 Å². The first-order valence-corrected chi connectivity index (χ1v) is 13.6. The number of hydrogen-bond donors (Lipinski definition) is 12. The largest absolute Gasteiger partial charge is 0.394 e. The molecule has 43 heavy (non-hydrogen) atoms. The molecule has 1 aromatic rings. The Hall–Kier alpha value is -2.14. The van der Waals surface area contributed by atoms with Crippen LogP contribution in [-0.2, 0) is 23.7 Å². The van der Waals surface area contributed by atoms with E-state index < -0.39 is 111 Å². The van der Waals surface area contributed by atoms with Crippen molar-refractivity contribution >= 4 is 11.7 Å². The van der Waals surface area contributed by atoms with E-state index in [1.807, 2.05) is 0 Å². The molecule has 0 spiro atoms. The number of aliphatic hydroxyl groups excluding tert-OH is 10. The lowest BCUT2D eigenvalue weighted by molar-refractivity contribution is -0.358. The summed E-state index contributed by atoms with van der Waals surface area (Å²) in [4.78, 5) is 15.7. The number of pyridine rings is 1. The minimum atomic E-state index is -1.98. The molecule has 3 rings (SSSR count). The molecule has 18 heteroatoms. The van der Waals surface area contributed by atoms with E-state index >= 15 is 0 Å². The molecule has 2 aliphatic heterocycles. The summed E-state index contributed by atoms with van der Waals surface area (Å²) in [5.41, 5.74) is 0. The normalized spacial score (nSPS) is 35.9. The van der Waals surface area contributed by atoms with Gasteiger partial charge in [-0.05, 0) is 12.1 Å². The number of ether oxygens (including phenoxy) is 4. The molecular formula is C25H41N3O15. The molecule has 0 radical (unpaired) electrons. The minimum absolute atomic E-state index is 0.270. The fraction of sp³-hybridized carbons (Fsp3) is 0.760. The lowest BCUT2D eigenvalue weighted by Crippen LogP contribution is -2.68. The molecule has 2 fully saturated rings. The lowest BCUT2D eigenvalue weighted by atomic mass is 9.95. The number of rotatable bonds is 14. The first-order valence-electron chi connectivity index (χ1n) is 13.6. The number of carbonyl (C=O) groups excluding carboxylic acids is 1. The maximum atomic E-state index is 11.7. The average Bonchev–Trinajstić information content (AvgIpc) is 3.00. The quantitative estimate of drug-likeness (QED) is 0.0917. The van der Waals surface area contributed by atoms with Crippen molar-refractivity contribution in [2.24, 2.45) is 0 Å². The molecule has 246 valence electrons. The fourth-order valence-corrected chi connectivity index (χ4v) is 4.75. The van der Waals surface area contributed by atoms with Gasteiger partial charge < -0.3 is 80.6 Å². The van der Waals surface area contributed by atoms with Gasteiger partial charge in [-0.2, -0.15) is 0 Å². The Morgan fingerprint density at radius 1 is 0.930 bits per heavy atom. The van der Waals surface area contributed by atoms with Gasteiger partial charge in [0.25, 0.3) is 0 Å². The maximum absolute atomic E-state index is 11.7. The predicted octanol–water partition coefficient (Wildman–Crippen LogP) is -6.28. The van der Waals surface area contributed by atoms with Crippen LogP contribution in [0.1, 0.15) is 6.92 Å². The maximum Gasteiger partial charge on any atom is 0.217 e. The first-order chi connectivity index (χ1) is 20.4. The van der Waals surface area contributed by atoms with Gasteiger partial charge in [-0.15, -0.1) is 0 Å². The van der Waals surface area contributed by atoms with Crippen LogP contribution in [0.2, 0.25) is 0 Å². The van der Waals surface area contributed by atoms with Gasteiger partial charge in [0.15, 0.2) is 12.6 Å². The van der Waals surface area contributed by atoms with E-state index in [0.717, 1.165) is 6.92 Å². The highest BCUT2D eigenvalue weighted by Gasteiger charge is 2.52. The van der Waals surface area contributed by atoms with Crippen LogP contribution >= 0.6 is 0 Å². The molecule has 0 saturated carbocycles. The second-order valence-corrected chi connectivity index (χ2v) is 10.2. The van der Waals surface area contributed by atoms with E-state index in [9.17, 15) is 55.9 Å². The van der Waals surface area contributed by atoms with Crippen LogP contribution in [-0.4, -0.2) is 174 Å². The number of amides is 1. The summed E-state index contributed by atoms with van der Waals surface area (Å²) >= 11 is 0. The molecular weight excluding hydrogens is 582 g/mol. The van der Waals surface area contributed by atoms with Crippen molar-refractivity contribution in [2.45, 2.75) is 92.7 Å². The topological polar surface area (TPSA) is 293 Å². The third-order valence-electron chi connectivity index (χ3n) is 7.11. The van der Waals surface area contributed by atoms with Crippen molar-refractivity contribution in [1.82, 2.24) is 10.3 Å². The van der Waals surface area contributed by atoms with Crippen molar-refractivity contribution in [2.75, 3.05) is 31.7 Å². The van der Waals surface area contributed by atoms with E-state index in [-0.39, 0.29) is 6.54 Å². The summed E-state index contributed by atoms with van der Waals surface area (Å²) < 4.78 is 22.2. The van der Waals surface area contributed by atoms with Gasteiger partial charge in [0, 0.05) is 19.7 Å². The summed E-state index contributed by atoms with van der Waals surface area (Å²) in [6, 6.07) is 3.53. The average molecular weight is 624 g/mol. The molecule has 3 heterocycles. The molecule has 0 aliphatic carbocycles. The number of anilines is 1. The van der Waals surface area contributed by atoms with E-state index in [1.54, 1.807) is 18.2 Å². The smallest absolute Gasteiger partial charge is 0.217 e. The summed E-state index contributed by atoms with van der Waals surface area (Å²) in [5.74, 6) is -0.275.